The number of para-hydroxylation sites is 1. The standard InChI is InChI=1S/C30H27N3O4S/c1-2-18-11-20-28(36)22(30-31-23-6-3-4-8-25(23)38-30)16-37-29(20)21(27(18)35)15-32-12-17-10-19(14-32)24-7-5-9-26(34)33(24)13-17/h3-9,11,16-17,19,35H,2,10,12-15H2,1H3. The van der Waals surface area contributed by atoms with E-state index < -0.39 is 0 Å². The molecular formula is C30H27N3O4S. The molecule has 38 heavy (non-hydrogen) atoms. The van der Waals surface area contributed by atoms with Crippen molar-refractivity contribution in [2.24, 2.45) is 5.92 Å². The number of fused-ring (bicyclic) bond motifs is 6. The van der Waals surface area contributed by atoms with E-state index in [9.17, 15) is 14.7 Å². The first kappa shape index (κ1) is 23.4. The summed E-state index contributed by atoms with van der Waals surface area (Å²) in [6, 6.07) is 15.1. The lowest BCUT2D eigenvalue weighted by Gasteiger charge is -2.42. The largest absolute Gasteiger partial charge is 0.507 e. The highest BCUT2D eigenvalue weighted by molar-refractivity contribution is 7.21. The minimum atomic E-state index is -0.134. The van der Waals surface area contributed by atoms with E-state index in [1.165, 1.54) is 17.6 Å². The van der Waals surface area contributed by atoms with Crippen LogP contribution in [0.5, 0.6) is 5.75 Å². The van der Waals surface area contributed by atoms with Gasteiger partial charge in [-0.25, -0.2) is 4.98 Å². The van der Waals surface area contributed by atoms with Gasteiger partial charge in [0.2, 0.25) is 5.43 Å². The van der Waals surface area contributed by atoms with Crippen molar-refractivity contribution in [1.82, 2.24) is 14.5 Å². The maximum Gasteiger partial charge on any atom is 0.250 e. The van der Waals surface area contributed by atoms with Gasteiger partial charge in [0.15, 0.2) is 0 Å². The number of piperidine rings is 1. The van der Waals surface area contributed by atoms with Crippen LogP contribution in [0.25, 0.3) is 31.8 Å². The Morgan fingerprint density at radius 2 is 1.97 bits per heavy atom. The van der Waals surface area contributed by atoms with Gasteiger partial charge in [-0.1, -0.05) is 25.1 Å². The monoisotopic (exact) mass is 525 g/mol. The second kappa shape index (κ2) is 8.92. The second-order valence-electron chi connectivity index (χ2n) is 10.5. The molecule has 8 heteroatoms. The highest BCUT2D eigenvalue weighted by Gasteiger charge is 2.35. The summed E-state index contributed by atoms with van der Waals surface area (Å²) in [6.45, 7) is 4.77. The van der Waals surface area contributed by atoms with Crippen LogP contribution in [0.3, 0.4) is 0 Å². The maximum absolute atomic E-state index is 13.7. The third-order valence-corrected chi connectivity index (χ3v) is 9.12. The molecule has 0 aliphatic carbocycles. The number of hydrogen-bond donors (Lipinski definition) is 1. The van der Waals surface area contributed by atoms with Crippen LogP contribution in [0.1, 0.15) is 36.1 Å². The van der Waals surface area contributed by atoms with Crippen molar-refractivity contribution in [3.8, 4) is 16.3 Å². The summed E-state index contributed by atoms with van der Waals surface area (Å²) in [4.78, 5) is 33.1. The molecule has 3 aromatic heterocycles. The van der Waals surface area contributed by atoms with Crippen molar-refractivity contribution in [1.29, 1.82) is 0 Å². The Labute approximate surface area is 222 Å². The average Bonchev–Trinajstić information content (AvgIpc) is 3.35. The van der Waals surface area contributed by atoms with E-state index in [1.807, 2.05) is 41.8 Å². The van der Waals surface area contributed by atoms with Crippen LogP contribution < -0.4 is 11.0 Å². The Bertz CT molecular complexity index is 1800. The zero-order valence-electron chi connectivity index (χ0n) is 21.0. The van der Waals surface area contributed by atoms with Crippen molar-refractivity contribution < 1.29 is 9.52 Å². The molecule has 2 aromatic carbocycles. The minimum Gasteiger partial charge on any atom is -0.507 e. The molecule has 0 amide bonds. The number of nitrogens with zero attached hydrogens (tertiary/aromatic N) is 3. The molecule has 1 N–H and O–H groups in total. The number of benzene rings is 2. The molecule has 192 valence electrons. The highest BCUT2D eigenvalue weighted by Crippen LogP contribution is 2.38. The lowest BCUT2D eigenvalue weighted by Crippen LogP contribution is -2.46. The van der Waals surface area contributed by atoms with Crippen molar-refractivity contribution in [3.05, 3.63) is 92.2 Å². The van der Waals surface area contributed by atoms with Gasteiger partial charge in [-0.15, -0.1) is 11.3 Å². The number of phenols is 1. The quantitative estimate of drug-likeness (QED) is 0.351. The smallest absolute Gasteiger partial charge is 0.250 e. The summed E-state index contributed by atoms with van der Waals surface area (Å²) in [5.41, 5.74) is 4.12. The molecule has 0 saturated carbocycles. The summed E-state index contributed by atoms with van der Waals surface area (Å²) in [6.07, 6.45) is 3.15. The van der Waals surface area contributed by atoms with Gasteiger partial charge in [0.1, 0.15) is 22.6 Å². The van der Waals surface area contributed by atoms with E-state index in [-0.39, 0.29) is 22.7 Å². The molecule has 2 unspecified atom stereocenters. The second-order valence-corrected chi connectivity index (χ2v) is 11.5. The number of pyridine rings is 1. The summed E-state index contributed by atoms with van der Waals surface area (Å²) >= 11 is 1.47. The molecular weight excluding hydrogens is 498 g/mol. The van der Waals surface area contributed by atoms with Gasteiger partial charge in [0.25, 0.3) is 5.56 Å². The topological polar surface area (TPSA) is 88.6 Å². The van der Waals surface area contributed by atoms with Crippen LogP contribution in [0.4, 0.5) is 0 Å². The molecule has 1 saturated heterocycles. The highest BCUT2D eigenvalue weighted by atomic mass is 32.1. The van der Waals surface area contributed by atoms with Crippen LogP contribution in [0.15, 0.2) is 68.8 Å². The number of likely N-dealkylation sites (tertiary alicyclic amines) is 1. The van der Waals surface area contributed by atoms with Gasteiger partial charge in [-0.3, -0.25) is 14.5 Å². The van der Waals surface area contributed by atoms with E-state index in [2.05, 4.69) is 16.0 Å². The molecule has 0 spiro atoms. The Kier molecular flexibility index (Phi) is 5.49. The number of aryl methyl sites for hydroxylation is 1. The lowest BCUT2D eigenvalue weighted by molar-refractivity contribution is 0.113. The van der Waals surface area contributed by atoms with E-state index in [0.29, 0.717) is 52.5 Å². The number of rotatable bonds is 4. The van der Waals surface area contributed by atoms with Crippen molar-refractivity contribution in [3.63, 3.8) is 0 Å². The molecule has 2 aliphatic heterocycles. The summed E-state index contributed by atoms with van der Waals surface area (Å²) in [5, 5.41) is 12.3. The third kappa shape index (κ3) is 3.70. The lowest BCUT2D eigenvalue weighted by atomic mass is 9.83. The SMILES string of the molecule is CCc1cc2c(=O)c(-c3nc4ccccc4s3)coc2c(CN2CC3CC(C2)c2cccc(=O)n2C3)c1O. The van der Waals surface area contributed by atoms with Gasteiger partial charge in [0, 0.05) is 43.9 Å². The van der Waals surface area contributed by atoms with Crippen molar-refractivity contribution in [2.75, 3.05) is 13.1 Å². The molecule has 7 nitrogen and oxygen atoms in total. The van der Waals surface area contributed by atoms with Crippen molar-refractivity contribution in [2.45, 2.75) is 38.8 Å². The predicted octanol–water partition coefficient (Wildman–Crippen LogP) is 5.12. The van der Waals surface area contributed by atoms with Crippen LogP contribution in [-0.4, -0.2) is 32.6 Å². The molecule has 2 aliphatic rings. The summed E-state index contributed by atoms with van der Waals surface area (Å²) in [5.74, 6) is 0.821. The zero-order valence-corrected chi connectivity index (χ0v) is 21.8. The van der Waals surface area contributed by atoms with Gasteiger partial charge >= 0.3 is 0 Å². The molecule has 1 fully saturated rings. The van der Waals surface area contributed by atoms with E-state index in [1.54, 1.807) is 12.1 Å². The fraction of sp³-hybridized carbons (Fsp3) is 0.300. The minimum absolute atomic E-state index is 0.0654. The molecule has 7 rings (SSSR count). The number of thiazole rings is 1. The third-order valence-electron chi connectivity index (χ3n) is 8.05. The first-order valence-corrected chi connectivity index (χ1v) is 13.9. The zero-order chi connectivity index (χ0) is 26.0. The van der Waals surface area contributed by atoms with E-state index in [4.69, 9.17) is 4.42 Å². The van der Waals surface area contributed by atoms with E-state index in [0.717, 1.165) is 41.0 Å². The molecule has 5 aromatic rings. The van der Waals surface area contributed by atoms with Crippen molar-refractivity contribution >= 4 is 32.5 Å². The molecule has 0 radical (unpaired) electrons. The number of phenolic OH excluding ortho intramolecular Hbond substituents is 1. The van der Waals surface area contributed by atoms with Gasteiger partial charge in [-0.2, -0.15) is 0 Å². The Hall–Kier alpha value is -3.75. The molecule has 2 atom stereocenters. The molecule has 5 heterocycles. The number of aromatic nitrogens is 2. The number of aromatic hydroxyl groups is 1. The van der Waals surface area contributed by atoms with Gasteiger partial charge in [0.05, 0.1) is 26.7 Å². The Balaban J connectivity index is 1.29. The first-order valence-electron chi connectivity index (χ1n) is 13.1. The number of hydrogen-bond acceptors (Lipinski definition) is 7. The summed E-state index contributed by atoms with van der Waals surface area (Å²) < 4.78 is 9.06. The Morgan fingerprint density at radius 3 is 2.82 bits per heavy atom. The van der Waals surface area contributed by atoms with E-state index >= 15 is 0 Å². The van der Waals surface area contributed by atoms with Crippen LogP contribution in [-0.2, 0) is 19.5 Å². The fourth-order valence-electron chi connectivity index (χ4n) is 6.29. The Morgan fingerprint density at radius 1 is 1.11 bits per heavy atom. The van der Waals surface area contributed by atoms with Crippen LogP contribution in [0.2, 0.25) is 0 Å². The molecule has 2 bridgehead atoms. The predicted molar refractivity (Wildman–Crippen MR) is 149 cm³/mol. The maximum atomic E-state index is 13.7. The summed E-state index contributed by atoms with van der Waals surface area (Å²) in [7, 11) is 0. The van der Waals surface area contributed by atoms with Gasteiger partial charge < -0.3 is 14.1 Å². The van der Waals surface area contributed by atoms with Crippen LogP contribution >= 0.6 is 11.3 Å². The normalized spacial score (nSPS) is 19.2. The first-order chi connectivity index (χ1) is 18.5. The van der Waals surface area contributed by atoms with Crippen LogP contribution in [0, 0.1) is 5.92 Å². The fourth-order valence-corrected chi connectivity index (χ4v) is 7.26. The van der Waals surface area contributed by atoms with Gasteiger partial charge in [-0.05, 0) is 48.6 Å². The average molecular weight is 526 g/mol.